The summed E-state index contributed by atoms with van der Waals surface area (Å²) in [7, 11) is 2.08. The van der Waals surface area contributed by atoms with Gasteiger partial charge >= 0.3 is 0 Å². The lowest BCUT2D eigenvalue weighted by Crippen LogP contribution is -2.56. The van der Waals surface area contributed by atoms with Gasteiger partial charge in [0.15, 0.2) is 0 Å². The summed E-state index contributed by atoms with van der Waals surface area (Å²) in [6.07, 6.45) is 6.24. The highest BCUT2D eigenvalue weighted by molar-refractivity contribution is 4.93. The van der Waals surface area contributed by atoms with E-state index in [0.29, 0.717) is 12.1 Å². The Labute approximate surface area is 117 Å². The second-order valence-electron chi connectivity index (χ2n) is 6.29. The van der Waals surface area contributed by atoms with Crippen LogP contribution in [-0.4, -0.2) is 46.2 Å². The van der Waals surface area contributed by atoms with Gasteiger partial charge in [0.1, 0.15) is 5.82 Å². The maximum Gasteiger partial charge on any atom is 0.109 e. The van der Waals surface area contributed by atoms with Gasteiger partial charge in [0.2, 0.25) is 0 Å². The fourth-order valence-electron chi connectivity index (χ4n) is 2.96. The SMILES string of the molecule is CC(C)CC1CNC(C)CN1CCc1nccn1C. The van der Waals surface area contributed by atoms with Crippen molar-refractivity contribution in [1.29, 1.82) is 0 Å². The maximum absolute atomic E-state index is 4.43. The topological polar surface area (TPSA) is 33.1 Å². The van der Waals surface area contributed by atoms with Crippen molar-refractivity contribution < 1.29 is 0 Å². The average molecular weight is 264 g/mol. The van der Waals surface area contributed by atoms with E-state index >= 15 is 0 Å². The second kappa shape index (κ2) is 6.53. The molecule has 1 aliphatic heterocycles. The Hall–Kier alpha value is -0.870. The molecule has 19 heavy (non-hydrogen) atoms. The van der Waals surface area contributed by atoms with E-state index in [1.165, 1.54) is 12.2 Å². The van der Waals surface area contributed by atoms with Gasteiger partial charge in [0.25, 0.3) is 0 Å². The third-order valence-electron chi connectivity index (χ3n) is 4.01. The van der Waals surface area contributed by atoms with Gasteiger partial charge < -0.3 is 9.88 Å². The number of nitrogens with zero attached hydrogens (tertiary/aromatic N) is 3. The summed E-state index contributed by atoms with van der Waals surface area (Å²) < 4.78 is 2.13. The van der Waals surface area contributed by atoms with Crippen molar-refractivity contribution >= 4 is 0 Å². The first-order valence-electron chi connectivity index (χ1n) is 7.50. The normalized spacial score (nSPS) is 25.1. The molecule has 0 radical (unpaired) electrons. The molecule has 2 rings (SSSR count). The number of nitrogens with one attached hydrogen (secondary N) is 1. The van der Waals surface area contributed by atoms with Gasteiger partial charge in [0, 0.05) is 57.6 Å². The van der Waals surface area contributed by atoms with Gasteiger partial charge in [-0.25, -0.2) is 4.98 Å². The predicted octanol–water partition coefficient (Wildman–Crippen LogP) is 1.67. The summed E-state index contributed by atoms with van der Waals surface area (Å²) in [6, 6.07) is 1.28. The molecule has 108 valence electrons. The first kappa shape index (κ1) is 14.5. The van der Waals surface area contributed by atoms with Crippen LogP contribution in [0.15, 0.2) is 12.4 Å². The molecule has 2 heterocycles. The highest BCUT2D eigenvalue weighted by atomic mass is 15.2. The monoisotopic (exact) mass is 264 g/mol. The summed E-state index contributed by atoms with van der Waals surface area (Å²) in [4.78, 5) is 7.07. The molecular weight excluding hydrogens is 236 g/mol. The minimum atomic E-state index is 0.602. The molecule has 0 bridgehead atoms. The van der Waals surface area contributed by atoms with Crippen LogP contribution in [0, 0.1) is 5.92 Å². The summed E-state index contributed by atoms with van der Waals surface area (Å²) in [5.74, 6) is 1.95. The van der Waals surface area contributed by atoms with Crippen molar-refractivity contribution in [2.45, 2.75) is 45.7 Å². The quantitative estimate of drug-likeness (QED) is 0.878. The van der Waals surface area contributed by atoms with Crippen LogP contribution in [0.3, 0.4) is 0 Å². The van der Waals surface area contributed by atoms with Crippen LogP contribution < -0.4 is 5.32 Å². The third kappa shape index (κ3) is 4.05. The van der Waals surface area contributed by atoms with E-state index in [1.54, 1.807) is 0 Å². The Kier molecular flexibility index (Phi) is 4.99. The Morgan fingerprint density at radius 2 is 2.26 bits per heavy atom. The van der Waals surface area contributed by atoms with E-state index in [0.717, 1.165) is 32.0 Å². The van der Waals surface area contributed by atoms with Crippen LogP contribution >= 0.6 is 0 Å². The molecule has 0 amide bonds. The first-order chi connectivity index (χ1) is 9.06. The van der Waals surface area contributed by atoms with Gasteiger partial charge in [-0.3, -0.25) is 4.90 Å². The van der Waals surface area contributed by atoms with E-state index in [9.17, 15) is 0 Å². The van der Waals surface area contributed by atoms with Gasteiger partial charge in [-0.1, -0.05) is 13.8 Å². The van der Waals surface area contributed by atoms with Crippen LogP contribution in [-0.2, 0) is 13.5 Å². The van der Waals surface area contributed by atoms with Crippen molar-refractivity contribution in [3.05, 3.63) is 18.2 Å². The minimum Gasteiger partial charge on any atom is -0.338 e. The van der Waals surface area contributed by atoms with Crippen LogP contribution in [0.25, 0.3) is 0 Å². The number of piperazine rings is 1. The largest absolute Gasteiger partial charge is 0.338 e. The maximum atomic E-state index is 4.43. The van der Waals surface area contributed by atoms with Crippen molar-refractivity contribution in [2.24, 2.45) is 13.0 Å². The van der Waals surface area contributed by atoms with Gasteiger partial charge in [0.05, 0.1) is 0 Å². The Bertz CT molecular complexity index is 385. The van der Waals surface area contributed by atoms with Gasteiger partial charge in [-0.2, -0.15) is 0 Å². The van der Waals surface area contributed by atoms with Gasteiger partial charge in [-0.15, -0.1) is 0 Å². The standard InChI is InChI=1S/C15H28N4/c1-12(2)9-14-10-17-13(3)11-19(14)7-5-15-16-6-8-18(15)4/h6,8,12-14,17H,5,7,9-11H2,1-4H3. The summed E-state index contributed by atoms with van der Waals surface area (Å²) in [6.45, 7) is 10.3. The molecule has 4 nitrogen and oxygen atoms in total. The fourth-order valence-corrected chi connectivity index (χ4v) is 2.96. The molecule has 2 unspecified atom stereocenters. The van der Waals surface area contributed by atoms with Crippen molar-refractivity contribution in [1.82, 2.24) is 19.8 Å². The molecule has 4 heteroatoms. The number of imidazole rings is 1. The summed E-state index contributed by atoms with van der Waals surface area (Å²) in [5.41, 5.74) is 0. The van der Waals surface area contributed by atoms with E-state index < -0.39 is 0 Å². The summed E-state index contributed by atoms with van der Waals surface area (Å²) in [5, 5.41) is 3.61. The van der Waals surface area contributed by atoms with Gasteiger partial charge in [-0.05, 0) is 19.3 Å². The average Bonchev–Trinajstić information content (AvgIpc) is 2.75. The van der Waals surface area contributed by atoms with Crippen LogP contribution in [0.1, 0.15) is 33.0 Å². The minimum absolute atomic E-state index is 0.602. The molecule has 1 aromatic heterocycles. The lowest BCUT2D eigenvalue weighted by atomic mass is 9.99. The highest BCUT2D eigenvalue weighted by Crippen LogP contribution is 2.16. The number of hydrogen-bond donors (Lipinski definition) is 1. The molecule has 1 aliphatic rings. The van der Waals surface area contributed by atoms with Crippen molar-refractivity contribution in [2.75, 3.05) is 19.6 Å². The molecule has 0 spiro atoms. The zero-order valence-electron chi connectivity index (χ0n) is 12.8. The zero-order chi connectivity index (χ0) is 13.8. The lowest BCUT2D eigenvalue weighted by molar-refractivity contribution is 0.119. The van der Waals surface area contributed by atoms with Crippen molar-refractivity contribution in [3.8, 4) is 0 Å². The van der Waals surface area contributed by atoms with Crippen LogP contribution in [0.4, 0.5) is 0 Å². The molecule has 0 aromatic carbocycles. The predicted molar refractivity (Wildman–Crippen MR) is 79.2 cm³/mol. The third-order valence-corrected chi connectivity index (χ3v) is 4.01. The molecular formula is C15H28N4. The van der Waals surface area contributed by atoms with E-state index in [1.807, 2.05) is 12.4 Å². The zero-order valence-corrected chi connectivity index (χ0v) is 12.8. The molecule has 1 saturated heterocycles. The Balaban J connectivity index is 1.92. The first-order valence-corrected chi connectivity index (χ1v) is 7.50. The van der Waals surface area contributed by atoms with E-state index in [2.05, 4.69) is 47.6 Å². The smallest absolute Gasteiger partial charge is 0.109 e. The van der Waals surface area contributed by atoms with E-state index in [4.69, 9.17) is 0 Å². The second-order valence-corrected chi connectivity index (χ2v) is 6.29. The molecule has 0 saturated carbocycles. The molecule has 1 fully saturated rings. The number of rotatable bonds is 5. The fraction of sp³-hybridized carbons (Fsp3) is 0.800. The van der Waals surface area contributed by atoms with E-state index in [-0.39, 0.29) is 0 Å². The molecule has 1 N–H and O–H groups in total. The molecule has 2 atom stereocenters. The van der Waals surface area contributed by atoms with Crippen LogP contribution in [0.2, 0.25) is 0 Å². The highest BCUT2D eigenvalue weighted by Gasteiger charge is 2.26. The lowest BCUT2D eigenvalue weighted by Gasteiger charge is -2.40. The number of aryl methyl sites for hydroxylation is 1. The molecule has 0 aliphatic carbocycles. The molecule has 1 aromatic rings. The van der Waals surface area contributed by atoms with Crippen LogP contribution in [0.5, 0.6) is 0 Å². The Morgan fingerprint density at radius 3 is 2.89 bits per heavy atom. The number of hydrogen-bond acceptors (Lipinski definition) is 3. The number of aromatic nitrogens is 2. The van der Waals surface area contributed by atoms with Crippen molar-refractivity contribution in [3.63, 3.8) is 0 Å². The Morgan fingerprint density at radius 1 is 1.47 bits per heavy atom. The summed E-state index contributed by atoms with van der Waals surface area (Å²) >= 11 is 0.